The van der Waals surface area contributed by atoms with Gasteiger partial charge in [-0.15, -0.1) is 0 Å². The molecule has 1 aromatic heterocycles. The molecule has 0 aliphatic carbocycles. The molecule has 0 unspecified atom stereocenters. The molecule has 6 nitrogen and oxygen atoms in total. The summed E-state index contributed by atoms with van der Waals surface area (Å²) >= 11 is 0. The highest BCUT2D eigenvalue weighted by Crippen LogP contribution is 2.35. The highest BCUT2D eigenvalue weighted by Gasteiger charge is 2.40. The molecule has 1 atom stereocenters. The lowest BCUT2D eigenvalue weighted by molar-refractivity contribution is -0.142. The lowest BCUT2D eigenvalue weighted by Gasteiger charge is -2.41. The Labute approximate surface area is 178 Å². The monoisotopic (exact) mass is 409 g/mol. The molecule has 6 heteroatoms. The Morgan fingerprint density at radius 3 is 2.57 bits per heavy atom. The van der Waals surface area contributed by atoms with Crippen LogP contribution >= 0.6 is 0 Å². The van der Waals surface area contributed by atoms with Crippen LogP contribution in [0.5, 0.6) is 0 Å². The second-order valence-electron chi connectivity index (χ2n) is 9.00. The Bertz CT molecular complexity index is 886. The van der Waals surface area contributed by atoms with Crippen molar-refractivity contribution in [1.29, 1.82) is 0 Å². The zero-order chi connectivity index (χ0) is 21.1. The maximum absolute atomic E-state index is 13.2. The number of hydrogen-bond donors (Lipinski definition) is 0. The summed E-state index contributed by atoms with van der Waals surface area (Å²) in [5.74, 6) is 1.93. The molecule has 2 aromatic rings. The van der Waals surface area contributed by atoms with Crippen molar-refractivity contribution < 1.29 is 14.0 Å². The maximum atomic E-state index is 13.2. The molecule has 0 saturated carbocycles. The van der Waals surface area contributed by atoms with Crippen LogP contribution in [0.1, 0.15) is 56.7 Å². The van der Waals surface area contributed by atoms with E-state index in [1.54, 1.807) is 6.92 Å². The topological polar surface area (TPSA) is 66.7 Å². The fraction of sp³-hybridized carbons (Fsp3) is 0.542. The van der Waals surface area contributed by atoms with E-state index in [4.69, 9.17) is 4.42 Å². The second-order valence-corrected chi connectivity index (χ2v) is 9.00. The van der Waals surface area contributed by atoms with Crippen LogP contribution in [0.3, 0.4) is 0 Å². The molecular weight excluding hydrogens is 378 g/mol. The number of carbonyl (C=O) groups is 2. The van der Waals surface area contributed by atoms with Crippen molar-refractivity contribution in [3.8, 4) is 0 Å². The van der Waals surface area contributed by atoms with Crippen molar-refractivity contribution in [3.63, 3.8) is 0 Å². The largest absolute Gasteiger partial charge is 0.445 e. The lowest BCUT2D eigenvalue weighted by Crippen LogP contribution is -2.50. The minimum Gasteiger partial charge on any atom is -0.445 e. The van der Waals surface area contributed by atoms with Gasteiger partial charge in [0.05, 0.1) is 11.6 Å². The summed E-state index contributed by atoms with van der Waals surface area (Å²) in [6, 6.07) is 10.2. The first kappa shape index (κ1) is 20.6. The van der Waals surface area contributed by atoms with Crippen LogP contribution in [0.15, 0.2) is 40.9 Å². The van der Waals surface area contributed by atoms with Gasteiger partial charge in [-0.1, -0.05) is 30.3 Å². The van der Waals surface area contributed by atoms with Gasteiger partial charge < -0.3 is 14.2 Å². The van der Waals surface area contributed by atoms with Gasteiger partial charge in [0.2, 0.25) is 17.7 Å². The predicted molar refractivity (Wildman–Crippen MR) is 114 cm³/mol. The summed E-state index contributed by atoms with van der Waals surface area (Å²) in [7, 11) is 0. The van der Waals surface area contributed by atoms with E-state index in [2.05, 4.69) is 24.0 Å². The molecule has 3 heterocycles. The van der Waals surface area contributed by atoms with Gasteiger partial charge in [0.25, 0.3) is 0 Å². The zero-order valence-corrected chi connectivity index (χ0v) is 18.0. The fourth-order valence-electron chi connectivity index (χ4n) is 4.77. The Morgan fingerprint density at radius 1 is 1.13 bits per heavy atom. The molecule has 4 rings (SSSR count). The van der Waals surface area contributed by atoms with E-state index in [1.165, 1.54) is 5.56 Å². The summed E-state index contributed by atoms with van der Waals surface area (Å²) < 4.78 is 6.15. The van der Waals surface area contributed by atoms with Gasteiger partial charge >= 0.3 is 0 Å². The van der Waals surface area contributed by atoms with Crippen LogP contribution < -0.4 is 0 Å². The van der Waals surface area contributed by atoms with E-state index < -0.39 is 0 Å². The minimum atomic E-state index is -0.261. The third-order valence-electron chi connectivity index (χ3n) is 6.59. The van der Waals surface area contributed by atoms with Gasteiger partial charge in [0, 0.05) is 45.4 Å². The summed E-state index contributed by atoms with van der Waals surface area (Å²) in [6.45, 7) is 6.55. The zero-order valence-electron chi connectivity index (χ0n) is 18.0. The first-order valence-corrected chi connectivity index (χ1v) is 11.0. The molecule has 160 valence electrons. The summed E-state index contributed by atoms with van der Waals surface area (Å²) in [5.41, 5.74) is 0.936. The third kappa shape index (κ3) is 4.42. The molecule has 0 radical (unpaired) electrons. The maximum Gasteiger partial charge on any atom is 0.225 e. The number of likely N-dealkylation sites (tertiary alicyclic amines) is 2. The standard InChI is InChI=1S/C24H31N3O3/c1-18(28)26-13-9-20(10-14-26)22(29)27-12-6-11-24(2,17-27)23-25-16-21(30-23)15-19-7-4-3-5-8-19/h3-5,7-8,16,20H,6,9-15,17H2,1-2H3/t24-/m0/s1. The van der Waals surface area contributed by atoms with Crippen LogP contribution in [-0.2, 0) is 21.4 Å². The van der Waals surface area contributed by atoms with Crippen molar-refractivity contribution >= 4 is 11.8 Å². The van der Waals surface area contributed by atoms with Crippen molar-refractivity contribution in [3.05, 3.63) is 53.7 Å². The van der Waals surface area contributed by atoms with Gasteiger partial charge in [0.1, 0.15) is 5.76 Å². The van der Waals surface area contributed by atoms with Crippen molar-refractivity contribution in [2.45, 2.75) is 51.4 Å². The van der Waals surface area contributed by atoms with E-state index in [9.17, 15) is 9.59 Å². The normalized spacial score (nSPS) is 22.9. The van der Waals surface area contributed by atoms with Crippen molar-refractivity contribution in [1.82, 2.24) is 14.8 Å². The molecular formula is C24H31N3O3. The predicted octanol–water partition coefficient (Wildman–Crippen LogP) is 3.40. The van der Waals surface area contributed by atoms with Crippen LogP contribution in [0.2, 0.25) is 0 Å². The summed E-state index contributed by atoms with van der Waals surface area (Å²) in [6.07, 6.45) is 5.97. The molecule has 2 amide bonds. The van der Waals surface area contributed by atoms with Crippen LogP contribution in [0.25, 0.3) is 0 Å². The average Bonchev–Trinajstić information content (AvgIpc) is 3.23. The number of aromatic nitrogens is 1. The molecule has 1 aromatic carbocycles. The second kappa shape index (κ2) is 8.62. The Kier molecular flexibility index (Phi) is 5.93. The SMILES string of the molecule is CC(=O)N1CCC(C(=O)N2CCC[C@](C)(c3ncc(Cc4ccccc4)o3)C2)CC1. The average molecular weight is 410 g/mol. The Balaban J connectivity index is 1.40. The van der Waals surface area contributed by atoms with Crippen molar-refractivity contribution in [2.75, 3.05) is 26.2 Å². The third-order valence-corrected chi connectivity index (χ3v) is 6.59. The number of oxazole rings is 1. The van der Waals surface area contributed by atoms with Crippen molar-refractivity contribution in [2.24, 2.45) is 5.92 Å². The summed E-state index contributed by atoms with van der Waals surface area (Å²) in [4.78, 5) is 33.1. The first-order chi connectivity index (χ1) is 14.4. The highest BCUT2D eigenvalue weighted by molar-refractivity contribution is 5.80. The van der Waals surface area contributed by atoms with Gasteiger partial charge in [-0.05, 0) is 38.2 Å². The van der Waals surface area contributed by atoms with Gasteiger partial charge in [-0.25, -0.2) is 4.98 Å². The molecule has 0 bridgehead atoms. The van der Waals surface area contributed by atoms with Gasteiger partial charge in [-0.3, -0.25) is 9.59 Å². The highest BCUT2D eigenvalue weighted by atomic mass is 16.4. The van der Waals surface area contributed by atoms with Gasteiger partial charge in [0.15, 0.2) is 0 Å². The Hall–Kier alpha value is -2.63. The molecule has 2 aliphatic heterocycles. The Morgan fingerprint density at radius 2 is 1.87 bits per heavy atom. The van der Waals surface area contributed by atoms with E-state index in [-0.39, 0.29) is 23.1 Å². The molecule has 0 spiro atoms. The number of nitrogens with zero attached hydrogens (tertiary/aromatic N) is 3. The molecule has 0 N–H and O–H groups in total. The molecule has 2 aliphatic rings. The fourth-order valence-corrected chi connectivity index (χ4v) is 4.77. The molecule has 30 heavy (non-hydrogen) atoms. The number of rotatable bonds is 4. The first-order valence-electron chi connectivity index (χ1n) is 11.0. The summed E-state index contributed by atoms with van der Waals surface area (Å²) in [5, 5.41) is 0. The van der Waals surface area contributed by atoms with E-state index >= 15 is 0 Å². The van der Waals surface area contributed by atoms with Crippen LogP contribution in [0.4, 0.5) is 0 Å². The van der Waals surface area contributed by atoms with Gasteiger partial charge in [-0.2, -0.15) is 0 Å². The van der Waals surface area contributed by atoms with E-state index in [0.29, 0.717) is 19.6 Å². The smallest absolute Gasteiger partial charge is 0.225 e. The van der Waals surface area contributed by atoms with Crippen LogP contribution in [0, 0.1) is 5.92 Å². The van der Waals surface area contributed by atoms with E-state index in [0.717, 1.165) is 50.3 Å². The van der Waals surface area contributed by atoms with E-state index in [1.807, 2.05) is 34.2 Å². The number of amides is 2. The van der Waals surface area contributed by atoms with Crippen LogP contribution in [-0.4, -0.2) is 52.8 Å². The number of carbonyl (C=O) groups excluding carboxylic acids is 2. The lowest BCUT2D eigenvalue weighted by atomic mass is 9.81. The number of piperidine rings is 2. The molecule has 2 saturated heterocycles. The minimum absolute atomic E-state index is 0.0150. The quantitative estimate of drug-likeness (QED) is 0.776. The molecule has 2 fully saturated rings. The number of hydrogen-bond acceptors (Lipinski definition) is 4. The number of benzene rings is 1.